The van der Waals surface area contributed by atoms with Crippen molar-refractivity contribution in [1.29, 1.82) is 0 Å². The molecule has 1 amide bonds. The van der Waals surface area contributed by atoms with Crippen LogP contribution < -0.4 is 0 Å². The van der Waals surface area contributed by atoms with Crippen LogP contribution in [-0.4, -0.2) is 54.7 Å². The molecule has 0 spiro atoms. The Bertz CT molecular complexity index is 894. The summed E-state index contributed by atoms with van der Waals surface area (Å²) in [6, 6.07) is 8.36. The zero-order valence-electron chi connectivity index (χ0n) is 14.5. The SMILES string of the molecule is O=C(CCc1cccnc1)N1CCN(S(=O)(=O)c2c(Cl)cccc2Cl)CC1. The monoisotopic (exact) mass is 427 g/mol. The number of carbonyl (C=O) groups excluding carboxylic acids is 1. The van der Waals surface area contributed by atoms with E-state index in [9.17, 15) is 13.2 Å². The summed E-state index contributed by atoms with van der Waals surface area (Å²) in [6.07, 6.45) is 4.41. The number of nitrogens with zero attached hydrogens (tertiary/aromatic N) is 3. The minimum Gasteiger partial charge on any atom is -0.340 e. The normalized spacial score (nSPS) is 15.7. The van der Waals surface area contributed by atoms with E-state index < -0.39 is 10.0 Å². The molecular weight excluding hydrogens is 409 g/mol. The van der Waals surface area contributed by atoms with Gasteiger partial charge < -0.3 is 4.90 Å². The highest BCUT2D eigenvalue weighted by molar-refractivity contribution is 7.89. The van der Waals surface area contributed by atoms with Gasteiger partial charge in [-0.05, 0) is 30.2 Å². The maximum atomic E-state index is 12.9. The number of benzene rings is 1. The van der Waals surface area contributed by atoms with Crippen LogP contribution in [0.3, 0.4) is 0 Å². The largest absolute Gasteiger partial charge is 0.340 e. The molecule has 1 aromatic carbocycles. The van der Waals surface area contributed by atoms with E-state index in [0.29, 0.717) is 25.9 Å². The van der Waals surface area contributed by atoms with Gasteiger partial charge in [0.2, 0.25) is 15.9 Å². The van der Waals surface area contributed by atoms with E-state index >= 15 is 0 Å². The van der Waals surface area contributed by atoms with Crippen molar-refractivity contribution in [3.63, 3.8) is 0 Å². The van der Waals surface area contributed by atoms with Crippen LogP contribution in [0.2, 0.25) is 10.0 Å². The van der Waals surface area contributed by atoms with E-state index in [2.05, 4.69) is 4.98 Å². The molecule has 0 saturated carbocycles. The Hall–Kier alpha value is -1.67. The number of halogens is 2. The number of pyridine rings is 1. The van der Waals surface area contributed by atoms with E-state index in [0.717, 1.165) is 5.56 Å². The molecule has 1 aliphatic heterocycles. The lowest BCUT2D eigenvalue weighted by Gasteiger charge is -2.34. The summed E-state index contributed by atoms with van der Waals surface area (Å²) in [5, 5.41) is 0.190. The molecule has 0 unspecified atom stereocenters. The fourth-order valence-electron chi connectivity index (χ4n) is 2.99. The molecule has 27 heavy (non-hydrogen) atoms. The molecular formula is C18H19Cl2N3O3S. The highest BCUT2D eigenvalue weighted by Gasteiger charge is 2.32. The Kier molecular flexibility index (Phi) is 6.37. The van der Waals surface area contributed by atoms with Crippen LogP contribution in [0, 0.1) is 0 Å². The molecule has 3 rings (SSSR count). The van der Waals surface area contributed by atoms with Crippen LogP contribution in [0.1, 0.15) is 12.0 Å². The van der Waals surface area contributed by atoms with Crippen molar-refractivity contribution in [1.82, 2.24) is 14.2 Å². The first-order valence-corrected chi connectivity index (χ1v) is 10.7. The van der Waals surface area contributed by atoms with E-state index in [-0.39, 0.29) is 33.9 Å². The fraction of sp³-hybridized carbons (Fsp3) is 0.333. The molecule has 0 bridgehead atoms. The summed E-state index contributed by atoms with van der Waals surface area (Å²) in [5.41, 5.74) is 1.00. The Labute approximate surface area is 168 Å². The van der Waals surface area contributed by atoms with Crippen LogP contribution in [0.25, 0.3) is 0 Å². The summed E-state index contributed by atoms with van der Waals surface area (Å²) >= 11 is 12.1. The maximum absolute atomic E-state index is 12.9. The standard InChI is InChI=1S/C18H19Cl2N3O3S/c19-15-4-1-5-16(20)18(15)27(25,26)23-11-9-22(10-12-23)17(24)7-6-14-3-2-8-21-13-14/h1-5,8,13H,6-7,9-12H2. The topological polar surface area (TPSA) is 70.6 Å². The minimum atomic E-state index is -3.80. The Morgan fingerprint density at radius 2 is 1.70 bits per heavy atom. The summed E-state index contributed by atoms with van der Waals surface area (Å²) in [7, 11) is -3.80. The van der Waals surface area contributed by atoms with Gasteiger partial charge in [0.15, 0.2) is 0 Å². The summed E-state index contributed by atoms with van der Waals surface area (Å²) in [4.78, 5) is 18.0. The predicted molar refractivity (Wildman–Crippen MR) is 104 cm³/mol. The van der Waals surface area contributed by atoms with Gasteiger partial charge in [0.05, 0.1) is 10.0 Å². The van der Waals surface area contributed by atoms with Gasteiger partial charge in [-0.3, -0.25) is 9.78 Å². The molecule has 1 aliphatic rings. The first-order chi connectivity index (χ1) is 12.9. The number of piperazine rings is 1. The van der Waals surface area contributed by atoms with E-state index in [4.69, 9.17) is 23.2 Å². The number of rotatable bonds is 5. The molecule has 9 heteroatoms. The van der Waals surface area contributed by atoms with Crippen molar-refractivity contribution in [3.8, 4) is 0 Å². The number of amides is 1. The second-order valence-corrected chi connectivity index (χ2v) is 8.89. The van der Waals surface area contributed by atoms with Gasteiger partial charge in [0.1, 0.15) is 4.90 Å². The van der Waals surface area contributed by atoms with Gasteiger partial charge in [-0.1, -0.05) is 35.3 Å². The Morgan fingerprint density at radius 3 is 2.30 bits per heavy atom. The van der Waals surface area contributed by atoms with Crippen molar-refractivity contribution < 1.29 is 13.2 Å². The van der Waals surface area contributed by atoms with Crippen LogP contribution in [-0.2, 0) is 21.2 Å². The molecule has 0 N–H and O–H groups in total. The third kappa shape index (κ3) is 4.60. The summed E-state index contributed by atoms with van der Waals surface area (Å²) in [6.45, 7) is 1.10. The van der Waals surface area contributed by atoms with Crippen molar-refractivity contribution in [2.24, 2.45) is 0 Å². The molecule has 1 fully saturated rings. The van der Waals surface area contributed by atoms with Gasteiger partial charge in [-0.2, -0.15) is 4.31 Å². The number of aryl methyl sites for hydroxylation is 1. The molecule has 2 aromatic rings. The summed E-state index contributed by atoms with van der Waals surface area (Å²) in [5.74, 6) is 0.00618. The van der Waals surface area contributed by atoms with Crippen LogP contribution in [0.4, 0.5) is 0 Å². The third-order valence-corrected chi connectivity index (χ3v) is 7.31. The maximum Gasteiger partial charge on any atom is 0.246 e. The Morgan fingerprint density at radius 1 is 1.04 bits per heavy atom. The summed E-state index contributed by atoms with van der Waals surface area (Å²) < 4.78 is 27.0. The lowest BCUT2D eigenvalue weighted by molar-refractivity contribution is -0.132. The first-order valence-electron chi connectivity index (χ1n) is 8.50. The quantitative estimate of drug-likeness (QED) is 0.735. The van der Waals surface area contributed by atoms with Crippen LogP contribution in [0.15, 0.2) is 47.6 Å². The number of carbonyl (C=O) groups is 1. The molecule has 0 radical (unpaired) electrons. The second kappa shape index (κ2) is 8.56. The predicted octanol–water partition coefficient (Wildman–Crippen LogP) is 2.85. The minimum absolute atomic E-state index is 0.00618. The highest BCUT2D eigenvalue weighted by atomic mass is 35.5. The molecule has 6 nitrogen and oxygen atoms in total. The van der Waals surface area contributed by atoms with Crippen molar-refractivity contribution in [2.75, 3.05) is 26.2 Å². The van der Waals surface area contributed by atoms with Gasteiger partial charge in [0.25, 0.3) is 0 Å². The number of hydrogen-bond donors (Lipinski definition) is 0. The average molecular weight is 428 g/mol. The smallest absolute Gasteiger partial charge is 0.246 e. The van der Waals surface area contributed by atoms with Gasteiger partial charge in [0, 0.05) is 45.0 Å². The van der Waals surface area contributed by atoms with E-state index in [1.165, 1.54) is 16.4 Å². The number of aromatic nitrogens is 1. The third-order valence-electron chi connectivity index (χ3n) is 4.46. The zero-order valence-corrected chi connectivity index (χ0v) is 16.8. The average Bonchev–Trinajstić information content (AvgIpc) is 2.67. The molecule has 2 heterocycles. The lowest BCUT2D eigenvalue weighted by atomic mass is 10.1. The number of hydrogen-bond acceptors (Lipinski definition) is 4. The van der Waals surface area contributed by atoms with Crippen molar-refractivity contribution in [2.45, 2.75) is 17.7 Å². The lowest BCUT2D eigenvalue weighted by Crippen LogP contribution is -2.50. The van der Waals surface area contributed by atoms with E-state index in [1.807, 2.05) is 12.1 Å². The first kappa shape index (κ1) is 20.1. The van der Waals surface area contributed by atoms with Gasteiger partial charge in [-0.25, -0.2) is 8.42 Å². The molecule has 144 valence electrons. The molecule has 1 saturated heterocycles. The molecule has 1 aromatic heterocycles. The van der Waals surface area contributed by atoms with Gasteiger partial charge >= 0.3 is 0 Å². The van der Waals surface area contributed by atoms with Gasteiger partial charge in [-0.15, -0.1) is 0 Å². The molecule has 0 atom stereocenters. The number of sulfonamides is 1. The van der Waals surface area contributed by atoms with Crippen LogP contribution >= 0.6 is 23.2 Å². The highest BCUT2D eigenvalue weighted by Crippen LogP contribution is 2.31. The zero-order chi connectivity index (χ0) is 19.4. The fourth-order valence-corrected chi connectivity index (χ4v) is 5.50. The van der Waals surface area contributed by atoms with Crippen molar-refractivity contribution >= 4 is 39.1 Å². The second-order valence-electron chi connectivity index (χ2n) is 6.20. The van der Waals surface area contributed by atoms with Crippen molar-refractivity contribution in [3.05, 3.63) is 58.3 Å². The van der Waals surface area contributed by atoms with E-state index in [1.54, 1.807) is 23.4 Å². The molecule has 0 aliphatic carbocycles. The van der Waals surface area contributed by atoms with Crippen LogP contribution in [0.5, 0.6) is 0 Å². The Balaban J connectivity index is 1.60.